The average Bonchev–Trinajstić information content (AvgIpc) is 3.30. The monoisotopic (exact) mass is 367 g/mol. The number of benzene rings is 1. The summed E-state index contributed by atoms with van der Waals surface area (Å²) in [6, 6.07) is 5.33. The highest BCUT2D eigenvalue weighted by molar-refractivity contribution is 6.00. The Morgan fingerprint density at radius 2 is 2.00 bits per heavy atom. The van der Waals surface area contributed by atoms with Crippen LogP contribution in [0.4, 0.5) is 8.78 Å². The van der Waals surface area contributed by atoms with Crippen LogP contribution in [0.3, 0.4) is 0 Å². The predicted molar refractivity (Wildman–Crippen MR) is 90.9 cm³/mol. The summed E-state index contributed by atoms with van der Waals surface area (Å²) in [6.45, 7) is -0.803. The van der Waals surface area contributed by atoms with Crippen LogP contribution in [0.15, 0.2) is 24.3 Å². The molecule has 8 heteroatoms. The third kappa shape index (κ3) is 3.80. The van der Waals surface area contributed by atoms with Crippen LogP contribution >= 0.6 is 0 Å². The molecule has 2 N–H and O–H groups in total. The standard InChI is InChI=1S/C18H23F2N3O3/c19-18(20)26-15-6-2-1-4-13(15)16(24)23-8-3-5-14(23)17(25)22-9-7-12(10-21)11-22/h1-2,4,6,12,14,18H,3,5,7-11,21H2. The van der Waals surface area contributed by atoms with E-state index in [1.165, 1.54) is 23.1 Å². The van der Waals surface area contributed by atoms with Crippen LogP contribution in [0.1, 0.15) is 29.6 Å². The van der Waals surface area contributed by atoms with Crippen LogP contribution in [0.25, 0.3) is 0 Å². The molecule has 2 amide bonds. The molecule has 6 nitrogen and oxygen atoms in total. The van der Waals surface area contributed by atoms with E-state index in [1.54, 1.807) is 11.0 Å². The van der Waals surface area contributed by atoms with E-state index in [2.05, 4.69) is 4.74 Å². The Bertz CT molecular complexity index is 671. The Hall–Kier alpha value is -2.22. The van der Waals surface area contributed by atoms with E-state index in [9.17, 15) is 18.4 Å². The van der Waals surface area contributed by atoms with Gasteiger partial charge in [-0.05, 0) is 43.9 Å². The number of likely N-dealkylation sites (tertiary alicyclic amines) is 2. The highest BCUT2D eigenvalue weighted by Gasteiger charge is 2.39. The summed E-state index contributed by atoms with van der Waals surface area (Å²) >= 11 is 0. The molecule has 2 heterocycles. The molecule has 1 aromatic carbocycles. The number of carbonyl (C=O) groups is 2. The van der Waals surface area contributed by atoms with Gasteiger partial charge in [-0.2, -0.15) is 8.78 Å². The first kappa shape index (κ1) is 18.6. The molecular weight excluding hydrogens is 344 g/mol. The van der Waals surface area contributed by atoms with Gasteiger partial charge in [-0.1, -0.05) is 12.1 Å². The number of nitrogens with zero attached hydrogens (tertiary/aromatic N) is 2. The van der Waals surface area contributed by atoms with Gasteiger partial charge in [0.25, 0.3) is 5.91 Å². The van der Waals surface area contributed by atoms with E-state index in [0.29, 0.717) is 44.9 Å². The first-order valence-corrected chi connectivity index (χ1v) is 8.85. The van der Waals surface area contributed by atoms with Crippen LogP contribution < -0.4 is 10.5 Å². The summed E-state index contributed by atoms with van der Waals surface area (Å²) in [7, 11) is 0. The minimum absolute atomic E-state index is 0.0498. The molecule has 142 valence electrons. The number of alkyl halides is 2. The van der Waals surface area contributed by atoms with Gasteiger partial charge in [-0.15, -0.1) is 0 Å². The lowest BCUT2D eigenvalue weighted by Crippen LogP contribution is -2.47. The zero-order chi connectivity index (χ0) is 18.7. The fourth-order valence-electron chi connectivity index (χ4n) is 3.70. The third-order valence-electron chi connectivity index (χ3n) is 5.06. The number of ether oxygens (including phenoxy) is 1. The van der Waals surface area contributed by atoms with E-state index in [1.807, 2.05) is 0 Å². The van der Waals surface area contributed by atoms with Gasteiger partial charge >= 0.3 is 6.61 Å². The summed E-state index contributed by atoms with van der Waals surface area (Å²) in [5.74, 6) is -0.412. The number of hydrogen-bond acceptors (Lipinski definition) is 4. The van der Waals surface area contributed by atoms with E-state index in [0.717, 1.165) is 6.42 Å². The molecule has 2 saturated heterocycles. The smallest absolute Gasteiger partial charge is 0.387 e. The van der Waals surface area contributed by atoms with Crippen molar-refractivity contribution in [1.29, 1.82) is 0 Å². The SMILES string of the molecule is NCC1CCN(C(=O)C2CCCN2C(=O)c2ccccc2OC(F)F)C1. The van der Waals surface area contributed by atoms with Gasteiger partial charge in [0.15, 0.2) is 0 Å². The molecular formula is C18H23F2N3O3. The Morgan fingerprint density at radius 1 is 1.23 bits per heavy atom. The molecule has 0 spiro atoms. The second-order valence-electron chi connectivity index (χ2n) is 6.71. The second-order valence-corrected chi connectivity index (χ2v) is 6.71. The Morgan fingerprint density at radius 3 is 2.69 bits per heavy atom. The fourth-order valence-corrected chi connectivity index (χ4v) is 3.70. The highest BCUT2D eigenvalue weighted by Crippen LogP contribution is 2.28. The van der Waals surface area contributed by atoms with E-state index < -0.39 is 18.6 Å². The summed E-state index contributed by atoms with van der Waals surface area (Å²) in [5, 5.41) is 0. The average molecular weight is 367 g/mol. The van der Waals surface area contributed by atoms with Crippen molar-refractivity contribution in [3.05, 3.63) is 29.8 Å². The lowest BCUT2D eigenvalue weighted by Gasteiger charge is -2.28. The van der Waals surface area contributed by atoms with Gasteiger partial charge in [-0.25, -0.2) is 0 Å². The van der Waals surface area contributed by atoms with E-state index >= 15 is 0 Å². The molecule has 3 rings (SSSR count). The van der Waals surface area contributed by atoms with Gasteiger partial charge in [0.2, 0.25) is 5.91 Å². The van der Waals surface area contributed by atoms with Gasteiger partial charge in [0.1, 0.15) is 11.8 Å². The first-order valence-electron chi connectivity index (χ1n) is 8.85. The highest BCUT2D eigenvalue weighted by atomic mass is 19.3. The van der Waals surface area contributed by atoms with Crippen molar-refractivity contribution in [2.45, 2.75) is 31.9 Å². The molecule has 2 fully saturated rings. The predicted octanol–water partition coefficient (Wildman–Crippen LogP) is 1.70. The number of halogens is 2. The molecule has 2 atom stereocenters. The molecule has 2 unspecified atom stereocenters. The number of hydrogen-bond donors (Lipinski definition) is 1. The topological polar surface area (TPSA) is 75.9 Å². The molecule has 0 aromatic heterocycles. The quantitative estimate of drug-likeness (QED) is 0.860. The Kier molecular flexibility index (Phi) is 5.70. The molecule has 2 aliphatic heterocycles. The van der Waals surface area contributed by atoms with Crippen molar-refractivity contribution in [2.24, 2.45) is 11.7 Å². The van der Waals surface area contributed by atoms with Crippen molar-refractivity contribution in [2.75, 3.05) is 26.2 Å². The number of rotatable bonds is 5. The van der Waals surface area contributed by atoms with Crippen molar-refractivity contribution in [1.82, 2.24) is 9.80 Å². The normalized spacial score (nSPS) is 22.9. The minimum atomic E-state index is -3.02. The van der Waals surface area contributed by atoms with E-state index in [4.69, 9.17) is 5.73 Å². The summed E-state index contributed by atoms with van der Waals surface area (Å²) < 4.78 is 29.7. The van der Waals surface area contributed by atoms with Crippen molar-refractivity contribution in [3.8, 4) is 5.75 Å². The van der Waals surface area contributed by atoms with Crippen LogP contribution in [-0.2, 0) is 4.79 Å². The van der Waals surface area contributed by atoms with Gasteiger partial charge < -0.3 is 20.3 Å². The Balaban J connectivity index is 1.76. The van der Waals surface area contributed by atoms with Crippen molar-refractivity contribution < 1.29 is 23.1 Å². The zero-order valence-electron chi connectivity index (χ0n) is 14.4. The molecule has 0 bridgehead atoms. The molecule has 26 heavy (non-hydrogen) atoms. The number of carbonyl (C=O) groups excluding carboxylic acids is 2. The second kappa shape index (κ2) is 7.99. The fraction of sp³-hybridized carbons (Fsp3) is 0.556. The third-order valence-corrected chi connectivity index (χ3v) is 5.06. The first-order chi connectivity index (χ1) is 12.5. The number of amides is 2. The molecule has 2 aliphatic rings. The molecule has 1 aromatic rings. The van der Waals surface area contributed by atoms with Gasteiger partial charge in [-0.3, -0.25) is 9.59 Å². The van der Waals surface area contributed by atoms with Gasteiger partial charge in [0, 0.05) is 19.6 Å². The minimum Gasteiger partial charge on any atom is -0.434 e. The van der Waals surface area contributed by atoms with Crippen molar-refractivity contribution >= 4 is 11.8 Å². The summed E-state index contributed by atoms with van der Waals surface area (Å²) in [5.41, 5.74) is 5.73. The molecule has 0 aliphatic carbocycles. The summed E-state index contributed by atoms with van der Waals surface area (Å²) in [4.78, 5) is 29.0. The van der Waals surface area contributed by atoms with E-state index in [-0.39, 0.29) is 17.2 Å². The number of nitrogens with two attached hydrogens (primary N) is 1. The van der Waals surface area contributed by atoms with Crippen LogP contribution in [0.2, 0.25) is 0 Å². The largest absolute Gasteiger partial charge is 0.434 e. The number of para-hydroxylation sites is 1. The van der Waals surface area contributed by atoms with Crippen molar-refractivity contribution in [3.63, 3.8) is 0 Å². The maximum atomic E-state index is 12.9. The van der Waals surface area contributed by atoms with Crippen LogP contribution in [-0.4, -0.2) is 60.4 Å². The lowest BCUT2D eigenvalue weighted by molar-refractivity contribution is -0.134. The molecule has 0 radical (unpaired) electrons. The maximum Gasteiger partial charge on any atom is 0.387 e. The maximum absolute atomic E-state index is 12.9. The van der Waals surface area contributed by atoms with Gasteiger partial charge in [0.05, 0.1) is 5.56 Å². The summed E-state index contributed by atoms with van der Waals surface area (Å²) in [6.07, 6.45) is 2.15. The lowest BCUT2D eigenvalue weighted by atomic mass is 10.1. The molecule has 0 saturated carbocycles. The van der Waals surface area contributed by atoms with Crippen LogP contribution in [0.5, 0.6) is 5.75 Å². The zero-order valence-corrected chi connectivity index (χ0v) is 14.4. The van der Waals surface area contributed by atoms with Crippen LogP contribution in [0, 0.1) is 5.92 Å². The Labute approximate surface area is 150 Å².